The van der Waals surface area contributed by atoms with E-state index in [1.54, 1.807) is 24.4 Å². The smallest absolute Gasteiger partial charge is 0.231 e. The molecule has 144 valence electrons. The predicted molar refractivity (Wildman–Crippen MR) is 105 cm³/mol. The Balaban J connectivity index is 1.30. The lowest BCUT2D eigenvalue weighted by Gasteiger charge is -2.13. The number of aliphatic imine (C=N–C) groups is 1. The summed E-state index contributed by atoms with van der Waals surface area (Å²) in [5.41, 5.74) is 3.44. The molecule has 0 spiro atoms. The Kier molecular flexibility index (Phi) is 5.37. The van der Waals surface area contributed by atoms with Crippen molar-refractivity contribution in [3.05, 3.63) is 71.8 Å². The number of nitrogens with one attached hydrogen (secondary N) is 2. The van der Waals surface area contributed by atoms with Gasteiger partial charge >= 0.3 is 0 Å². The van der Waals surface area contributed by atoms with Crippen LogP contribution in [0.4, 0.5) is 0 Å². The molecule has 1 aromatic heterocycles. The van der Waals surface area contributed by atoms with Crippen LogP contribution < -0.4 is 20.1 Å². The van der Waals surface area contributed by atoms with Crippen molar-refractivity contribution in [2.75, 3.05) is 13.8 Å². The Morgan fingerprint density at radius 3 is 2.61 bits per heavy atom. The first-order valence-electron chi connectivity index (χ1n) is 9.03. The molecule has 0 fully saturated rings. The van der Waals surface area contributed by atoms with Crippen LogP contribution in [0.25, 0.3) is 0 Å². The van der Waals surface area contributed by atoms with Crippen molar-refractivity contribution in [1.82, 2.24) is 25.4 Å². The van der Waals surface area contributed by atoms with Gasteiger partial charge in [-0.2, -0.15) is 5.10 Å². The number of ether oxygens (including phenoxy) is 2. The molecule has 2 N–H and O–H groups in total. The van der Waals surface area contributed by atoms with Crippen LogP contribution in [0.3, 0.4) is 0 Å². The normalized spacial score (nSPS) is 12.8. The zero-order chi connectivity index (χ0) is 19.2. The molecule has 1 aliphatic heterocycles. The Bertz CT molecular complexity index is 955. The Morgan fingerprint density at radius 1 is 1.04 bits per heavy atom. The quantitative estimate of drug-likeness (QED) is 0.504. The van der Waals surface area contributed by atoms with Crippen molar-refractivity contribution in [2.24, 2.45) is 4.99 Å². The Labute approximate surface area is 163 Å². The van der Waals surface area contributed by atoms with Gasteiger partial charge in [0, 0.05) is 20.1 Å². The van der Waals surface area contributed by atoms with E-state index in [0.29, 0.717) is 19.6 Å². The van der Waals surface area contributed by atoms with Crippen LogP contribution in [0.15, 0.2) is 60.1 Å². The molecule has 0 atom stereocenters. The van der Waals surface area contributed by atoms with Gasteiger partial charge in [-0.15, -0.1) is 0 Å². The Hall–Kier alpha value is -3.55. The van der Waals surface area contributed by atoms with Gasteiger partial charge in [-0.1, -0.05) is 30.3 Å². The Morgan fingerprint density at radius 2 is 1.82 bits per heavy atom. The lowest BCUT2D eigenvalue weighted by atomic mass is 10.1. The molecule has 0 radical (unpaired) electrons. The molecule has 0 unspecified atom stereocenters. The maximum absolute atomic E-state index is 5.42. The molecule has 2 aromatic carbocycles. The average Bonchev–Trinajstić information content (AvgIpc) is 3.40. The second-order valence-electron chi connectivity index (χ2n) is 6.38. The van der Waals surface area contributed by atoms with E-state index >= 15 is 0 Å². The predicted octanol–water partition coefficient (Wildman–Crippen LogP) is 1.92. The van der Waals surface area contributed by atoms with Crippen molar-refractivity contribution >= 4 is 5.96 Å². The van der Waals surface area contributed by atoms with Crippen LogP contribution in [0, 0.1) is 0 Å². The fourth-order valence-electron chi connectivity index (χ4n) is 2.98. The van der Waals surface area contributed by atoms with E-state index in [0.717, 1.165) is 23.0 Å². The summed E-state index contributed by atoms with van der Waals surface area (Å²) in [4.78, 5) is 8.27. The van der Waals surface area contributed by atoms with Gasteiger partial charge < -0.3 is 20.1 Å². The lowest BCUT2D eigenvalue weighted by Crippen LogP contribution is -2.36. The number of fused-ring (bicyclic) bond motifs is 1. The number of rotatable bonds is 6. The molecule has 8 nitrogen and oxygen atoms in total. The van der Waals surface area contributed by atoms with Crippen molar-refractivity contribution in [1.29, 1.82) is 0 Å². The van der Waals surface area contributed by atoms with E-state index in [9.17, 15) is 0 Å². The summed E-state index contributed by atoms with van der Waals surface area (Å²) in [5.74, 6) is 2.31. The van der Waals surface area contributed by atoms with Crippen LogP contribution >= 0.6 is 0 Å². The van der Waals surface area contributed by atoms with E-state index in [4.69, 9.17) is 9.47 Å². The van der Waals surface area contributed by atoms with Crippen LogP contribution in [0.5, 0.6) is 11.5 Å². The molecule has 0 bridgehead atoms. The number of hydrogen-bond donors (Lipinski definition) is 2. The summed E-state index contributed by atoms with van der Waals surface area (Å²) < 4.78 is 12.6. The number of hydrogen-bond acceptors (Lipinski definition) is 5. The minimum absolute atomic E-state index is 0.283. The summed E-state index contributed by atoms with van der Waals surface area (Å²) in [6, 6.07) is 14.3. The van der Waals surface area contributed by atoms with Crippen molar-refractivity contribution < 1.29 is 9.47 Å². The molecular formula is C20H22N6O2. The SMILES string of the molecule is CN=C(NCc1cccc(Cn2cncn2)c1)NCc1ccc2c(c1)OCO2. The third kappa shape index (κ3) is 4.40. The van der Waals surface area contributed by atoms with Crippen molar-refractivity contribution in [3.63, 3.8) is 0 Å². The molecule has 0 aliphatic carbocycles. The topological polar surface area (TPSA) is 85.6 Å². The molecular weight excluding hydrogens is 356 g/mol. The molecule has 4 rings (SSSR count). The first-order valence-corrected chi connectivity index (χ1v) is 9.03. The molecule has 0 saturated carbocycles. The summed E-state index contributed by atoms with van der Waals surface area (Å²) in [7, 11) is 1.76. The highest BCUT2D eigenvalue weighted by Gasteiger charge is 2.13. The highest BCUT2D eigenvalue weighted by Crippen LogP contribution is 2.32. The van der Waals surface area contributed by atoms with Crippen molar-refractivity contribution in [3.8, 4) is 11.5 Å². The van der Waals surface area contributed by atoms with Gasteiger partial charge in [0.2, 0.25) is 6.79 Å². The van der Waals surface area contributed by atoms with Gasteiger partial charge in [0.05, 0.1) is 6.54 Å². The van der Waals surface area contributed by atoms with Gasteiger partial charge in [-0.3, -0.25) is 4.99 Å². The molecule has 0 saturated heterocycles. The van der Waals surface area contributed by atoms with E-state index in [1.807, 2.05) is 24.3 Å². The monoisotopic (exact) mass is 378 g/mol. The summed E-state index contributed by atoms with van der Waals surface area (Å²) in [6.07, 6.45) is 3.26. The largest absolute Gasteiger partial charge is 0.454 e. The minimum Gasteiger partial charge on any atom is -0.454 e. The van der Waals surface area contributed by atoms with Gasteiger partial charge in [0.25, 0.3) is 0 Å². The van der Waals surface area contributed by atoms with Gasteiger partial charge in [-0.25, -0.2) is 9.67 Å². The zero-order valence-corrected chi connectivity index (χ0v) is 15.6. The second kappa shape index (κ2) is 8.43. The van der Waals surface area contributed by atoms with Gasteiger partial charge in [-0.05, 0) is 28.8 Å². The summed E-state index contributed by atoms with van der Waals surface area (Å²) >= 11 is 0. The van der Waals surface area contributed by atoms with E-state index in [-0.39, 0.29) is 6.79 Å². The van der Waals surface area contributed by atoms with Crippen molar-refractivity contribution in [2.45, 2.75) is 19.6 Å². The second-order valence-corrected chi connectivity index (χ2v) is 6.38. The number of aromatic nitrogens is 3. The maximum Gasteiger partial charge on any atom is 0.231 e. The highest BCUT2D eigenvalue weighted by atomic mass is 16.7. The molecule has 8 heteroatoms. The standard InChI is InChI=1S/C20H22N6O2/c1-21-20(24-10-16-5-6-18-19(8-16)28-14-27-18)23-9-15-3-2-4-17(7-15)11-26-13-22-12-25-26/h2-8,12-13H,9-11,14H2,1H3,(H2,21,23,24). The van der Waals surface area contributed by atoms with Crippen LogP contribution in [-0.2, 0) is 19.6 Å². The van der Waals surface area contributed by atoms with E-state index < -0.39 is 0 Å². The van der Waals surface area contributed by atoms with E-state index in [1.165, 1.54) is 11.1 Å². The van der Waals surface area contributed by atoms with Gasteiger partial charge in [0.1, 0.15) is 12.7 Å². The summed E-state index contributed by atoms with van der Waals surface area (Å²) in [5, 5.41) is 10.8. The molecule has 2 heterocycles. The number of nitrogens with zero attached hydrogens (tertiary/aromatic N) is 4. The lowest BCUT2D eigenvalue weighted by molar-refractivity contribution is 0.174. The number of benzene rings is 2. The van der Waals surface area contributed by atoms with Crippen LogP contribution in [0.2, 0.25) is 0 Å². The molecule has 28 heavy (non-hydrogen) atoms. The third-order valence-corrected chi connectivity index (χ3v) is 4.38. The first-order chi connectivity index (χ1) is 13.8. The molecule has 3 aromatic rings. The van der Waals surface area contributed by atoms with Crippen LogP contribution in [-0.4, -0.2) is 34.6 Å². The fraction of sp³-hybridized carbons (Fsp3) is 0.250. The fourth-order valence-corrected chi connectivity index (χ4v) is 2.98. The number of guanidine groups is 1. The third-order valence-electron chi connectivity index (χ3n) is 4.38. The minimum atomic E-state index is 0.283. The summed E-state index contributed by atoms with van der Waals surface area (Å²) in [6.45, 7) is 2.30. The molecule has 1 aliphatic rings. The highest BCUT2D eigenvalue weighted by molar-refractivity contribution is 5.79. The zero-order valence-electron chi connectivity index (χ0n) is 15.6. The van der Waals surface area contributed by atoms with Gasteiger partial charge in [0.15, 0.2) is 17.5 Å². The molecule has 0 amide bonds. The first kappa shape index (κ1) is 17.8. The average molecular weight is 378 g/mol. The maximum atomic E-state index is 5.42. The van der Waals surface area contributed by atoms with Crippen LogP contribution in [0.1, 0.15) is 16.7 Å². The van der Waals surface area contributed by atoms with E-state index in [2.05, 4.69) is 43.9 Å².